The summed E-state index contributed by atoms with van der Waals surface area (Å²) in [5.41, 5.74) is 0. The molecule has 0 aromatic carbocycles. The van der Waals surface area contributed by atoms with Crippen LogP contribution < -0.4 is 0 Å². The molecule has 0 aliphatic carbocycles. The predicted molar refractivity (Wildman–Crippen MR) is 46.3 cm³/mol. The fourth-order valence-corrected chi connectivity index (χ4v) is 0. The molecule has 0 N–H and O–H groups in total. The van der Waals surface area contributed by atoms with Crippen molar-refractivity contribution in [2.24, 2.45) is 0 Å². The predicted octanol–water partition coefficient (Wildman–Crippen LogP) is 3.25. The molecule has 0 aliphatic rings. The molecule has 0 radical (unpaired) electrons. The molecule has 9 heavy (non-hydrogen) atoms. The molecule has 0 heterocycles. The van der Waals surface area contributed by atoms with E-state index in [1.165, 1.54) is 0 Å². The van der Waals surface area contributed by atoms with E-state index in [1.807, 2.05) is 39.8 Å². The molecule has 0 amide bonds. The molecule has 0 saturated heterocycles. The zero-order valence-electron chi connectivity index (χ0n) is 7.23. The first-order valence-electron chi connectivity index (χ1n) is 3.28. The van der Waals surface area contributed by atoms with Crippen molar-refractivity contribution in [1.29, 1.82) is 0 Å². The van der Waals surface area contributed by atoms with Crippen molar-refractivity contribution in [3.8, 4) is 12.3 Å². The van der Waals surface area contributed by atoms with E-state index >= 15 is 0 Å². The van der Waals surface area contributed by atoms with Gasteiger partial charge >= 0.3 is 0 Å². The average molecular weight is 126 g/mol. The van der Waals surface area contributed by atoms with Crippen LogP contribution in [0, 0.1) is 12.3 Å². The minimum atomic E-state index is 1.65. The summed E-state index contributed by atoms with van der Waals surface area (Å²) < 4.78 is 0. The molecular weight excluding hydrogens is 108 g/mol. The molecule has 0 fully saturated rings. The molecule has 54 valence electrons. The molecule has 0 saturated carbocycles. The van der Waals surface area contributed by atoms with Gasteiger partial charge in [0.1, 0.15) is 0 Å². The van der Waals surface area contributed by atoms with Gasteiger partial charge in [0.05, 0.1) is 0 Å². The first-order chi connectivity index (χ1) is 4.33. The Labute approximate surface area is 60.0 Å². The topological polar surface area (TPSA) is 0 Å². The standard InChI is InChI=1S/C4H8.C3H4.C2H6/c1-3-4-2;1-3-2;1-2/h3-4H,1-2H3;1H,2H3;1-2H3/b4-3-;;. The van der Waals surface area contributed by atoms with Crippen LogP contribution in [0.1, 0.15) is 34.6 Å². The Bertz CT molecular complexity index is 58.6. The van der Waals surface area contributed by atoms with Crippen LogP contribution in [-0.2, 0) is 0 Å². The van der Waals surface area contributed by atoms with Crippen LogP contribution in [0.15, 0.2) is 12.2 Å². The molecule has 0 nitrogen and oxygen atoms in total. The molecule has 0 aromatic heterocycles. The smallest absolute Gasteiger partial charge is 0.00297 e. The Hall–Kier alpha value is -0.700. The Morgan fingerprint density at radius 1 is 1.11 bits per heavy atom. The third-order valence-corrected chi connectivity index (χ3v) is 0.333. The third-order valence-electron chi connectivity index (χ3n) is 0.333. The van der Waals surface area contributed by atoms with Crippen molar-refractivity contribution in [3.63, 3.8) is 0 Å². The molecule has 0 heteroatoms. The summed E-state index contributed by atoms with van der Waals surface area (Å²) in [4.78, 5) is 0. The van der Waals surface area contributed by atoms with Crippen LogP contribution in [0.5, 0.6) is 0 Å². The van der Waals surface area contributed by atoms with Crippen LogP contribution in [-0.4, -0.2) is 0 Å². The van der Waals surface area contributed by atoms with Crippen molar-refractivity contribution in [2.75, 3.05) is 0 Å². The fraction of sp³-hybridized carbons (Fsp3) is 0.556. The van der Waals surface area contributed by atoms with E-state index in [-0.39, 0.29) is 0 Å². The molecule has 0 bridgehead atoms. The van der Waals surface area contributed by atoms with Gasteiger partial charge in [0, 0.05) is 0 Å². The van der Waals surface area contributed by atoms with Gasteiger partial charge in [-0.25, -0.2) is 0 Å². The molecule has 0 aromatic rings. The second-order valence-electron chi connectivity index (χ2n) is 0.955. The fourth-order valence-electron chi connectivity index (χ4n) is 0. The van der Waals surface area contributed by atoms with E-state index in [0.29, 0.717) is 0 Å². The van der Waals surface area contributed by atoms with Gasteiger partial charge in [0.2, 0.25) is 0 Å². The lowest BCUT2D eigenvalue weighted by molar-refractivity contribution is 1.50. The lowest BCUT2D eigenvalue weighted by Gasteiger charge is -1.49. The lowest BCUT2D eigenvalue weighted by Crippen LogP contribution is -1.26. The largest absolute Gasteiger partial charge is 0.120 e. The van der Waals surface area contributed by atoms with Crippen LogP contribution in [0.2, 0.25) is 0 Å². The van der Waals surface area contributed by atoms with Gasteiger partial charge in [0.15, 0.2) is 0 Å². The van der Waals surface area contributed by atoms with Crippen LogP contribution in [0.4, 0.5) is 0 Å². The average Bonchev–Trinajstić information content (AvgIpc) is 1.94. The van der Waals surface area contributed by atoms with E-state index in [9.17, 15) is 0 Å². The first kappa shape index (κ1) is 15.7. The maximum absolute atomic E-state index is 4.60. The Kier molecular flexibility index (Phi) is 95.8. The lowest BCUT2D eigenvalue weighted by atomic mass is 10.6. The second kappa shape index (κ2) is 54.8. The molecule has 0 unspecified atom stereocenters. The van der Waals surface area contributed by atoms with E-state index in [0.717, 1.165) is 0 Å². The Morgan fingerprint density at radius 2 is 1.22 bits per heavy atom. The molecule has 0 atom stereocenters. The van der Waals surface area contributed by atoms with Gasteiger partial charge in [-0.2, -0.15) is 0 Å². The second-order valence-corrected chi connectivity index (χ2v) is 0.955. The summed E-state index contributed by atoms with van der Waals surface area (Å²) in [6.45, 7) is 9.65. The van der Waals surface area contributed by atoms with Crippen LogP contribution in [0.3, 0.4) is 0 Å². The summed E-state index contributed by atoms with van der Waals surface area (Å²) >= 11 is 0. The van der Waals surface area contributed by atoms with Crippen molar-refractivity contribution in [2.45, 2.75) is 34.6 Å². The van der Waals surface area contributed by atoms with Gasteiger partial charge in [-0.05, 0) is 20.8 Å². The van der Waals surface area contributed by atoms with Crippen molar-refractivity contribution in [3.05, 3.63) is 12.2 Å². The summed E-state index contributed by atoms with van der Waals surface area (Å²) in [5, 5.41) is 0. The van der Waals surface area contributed by atoms with Gasteiger partial charge in [0.25, 0.3) is 0 Å². The SMILES string of the molecule is C#CC.C/C=C\C.CC. The molecule has 0 spiro atoms. The van der Waals surface area contributed by atoms with Gasteiger partial charge in [-0.1, -0.05) is 26.0 Å². The highest BCUT2D eigenvalue weighted by Gasteiger charge is 1.34. The quantitative estimate of drug-likeness (QED) is 0.345. The molecule has 0 aliphatic heterocycles. The highest BCUT2D eigenvalue weighted by molar-refractivity contribution is 4.73. The van der Waals surface area contributed by atoms with E-state index in [1.54, 1.807) is 6.92 Å². The molecule has 0 rings (SSSR count). The number of hydrogen-bond acceptors (Lipinski definition) is 0. The van der Waals surface area contributed by atoms with Crippen molar-refractivity contribution in [1.82, 2.24) is 0 Å². The third kappa shape index (κ3) is 2280. The van der Waals surface area contributed by atoms with Gasteiger partial charge in [-0.15, -0.1) is 12.3 Å². The maximum Gasteiger partial charge on any atom is -0.00297 e. The van der Waals surface area contributed by atoms with Crippen LogP contribution >= 0.6 is 0 Å². The first-order valence-corrected chi connectivity index (χ1v) is 3.28. The Morgan fingerprint density at radius 3 is 1.22 bits per heavy atom. The van der Waals surface area contributed by atoms with E-state index in [4.69, 9.17) is 0 Å². The number of terminal acetylenes is 1. The summed E-state index contributed by atoms with van der Waals surface area (Å²) in [6.07, 6.45) is 8.60. The highest BCUT2D eigenvalue weighted by atomic mass is 13.4. The minimum Gasteiger partial charge on any atom is -0.120 e. The normalized spacial score (nSPS) is 5.78. The zero-order chi connectivity index (χ0) is 8.12. The maximum atomic E-state index is 4.60. The summed E-state index contributed by atoms with van der Waals surface area (Å²) in [6, 6.07) is 0. The number of rotatable bonds is 0. The van der Waals surface area contributed by atoms with E-state index < -0.39 is 0 Å². The summed E-state index contributed by atoms with van der Waals surface area (Å²) in [5.74, 6) is 2.25. The van der Waals surface area contributed by atoms with Gasteiger partial charge < -0.3 is 0 Å². The summed E-state index contributed by atoms with van der Waals surface area (Å²) in [7, 11) is 0. The van der Waals surface area contributed by atoms with Crippen molar-refractivity contribution < 1.29 is 0 Å². The van der Waals surface area contributed by atoms with Crippen molar-refractivity contribution >= 4 is 0 Å². The van der Waals surface area contributed by atoms with E-state index in [2.05, 4.69) is 12.3 Å². The number of allylic oxidation sites excluding steroid dienone is 2. The monoisotopic (exact) mass is 126 g/mol. The van der Waals surface area contributed by atoms with Gasteiger partial charge in [-0.3, -0.25) is 0 Å². The number of hydrogen-bond donors (Lipinski definition) is 0. The van der Waals surface area contributed by atoms with Crippen LogP contribution in [0.25, 0.3) is 0 Å². The Balaban J connectivity index is -0.0000000646. The molecular formula is C9H18. The minimum absolute atomic E-state index is 1.65. The highest BCUT2D eigenvalue weighted by Crippen LogP contribution is 1.57. The zero-order valence-corrected chi connectivity index (χ0v) is 7.23.